The quantitative estimate of drug-likeness (QED) is 0.0592. The van der Waals surface area contributed by atoms with Crippen molar-refractivity contribution in [2.45, 2.75) is 116 Å². The molecular formula is C42H64O10Si2. The molecule has 0 radical (unpaired) electrons. The summed E-state index contributed by atoms with van der Waals surface area (Å²) in [6, 6.07) is 13.1. The first-order valence-electron chi connectivity index (χ1n) is 18.8. The first-order chi connectivity index (χ1) is 25.2. The number of esters is 2. The molecule has 0 N–H and O–H groups in total. The fourth-order valence-electron chi connectivity index (χ4n) is 5.38. The third kappa shape index (κ3) is 13.8. The molecule has 54 heavy (non-hydrogen) atoms. The van der Waals surface area contributed by atoms with E-state index in [1.165, 1.54) is 7.11 Å². The number of ether oxygens (including phenoxy) is 7. The van der Waals surface area contributed by atoms with Gasteiger partial charge in [-0.15, -0.1) is 0 Å². The van der Waals surface area contributed by atoms with Gasteiger partial charge in [0.15, 0.2) is 20.9 Å². The molecule has 1 fully saturated rings. The molecule has 300 valence electrons. The highest BCUT2D eigenvalue weighted by atomic mass is 28.4. The summed E-state index contributed by atoms with van der Waals surface area (Å²) >= 11 is 0. The zero-order chi connectivity index (χ0) is 40.3. The maximum absolute atomic E-state index is 13.6. The van der Waals surface area contributed by atoms with Crippen LogP contribution >= 0.6 is 0 Å². The Morgan fingerprint density at radius 3 is 2.26 bits per heavy atom. The van der Waals surface area contributed by atoms with Gasteiger partial charge in [-0.3, -0.25) is 0 Å². The van der Waals surface area contributed by atoms with Gasteiger partial charge in [0.1, 0.15) is 29.3 Å². The molecule has 2 aromatic rings. The molecule has 10 nitrogen and oxygen atoms in total. The molecule has 1 aliphatic heterocycles. The lowest BCUT2D eigenvalue weighted by Gasteiger charge is -2.36. The second-order valence-corrected chi connectivity index (χ2v) is 27.5. The van der Waals surface area contributed by atoms with Gasteiger partial charge in [-0.05, 0) is 80.2 Å². The van der Waals surface area contributed by atoms with Crippen LogP contribution < -0.4 is 9.47 Å². The Kier molecular flexibility index (Phi) is 16.3. The zero-order valence-corrected chi connectivity index (χ0v) is 36.8. The third-order valence-electron chi connectivity index (χ3n) is 9.57. The predicted octanol–water partition coefficient (Wildman–Crippen LogP) is 9.54. The Morgan fingerprint density at radius 1 is 0.963 bits per heavy atom. The lowest BCUT2D eigenvalue weighted by molar-refractivity contribution is -0.152. The van der Waals surface area contributed by atoms with E-state index in [-0.39, 0.29) is 29.1 Å². The Bertz CT molecular complexity index is 1570. The standard InChI is InChI=1S/C42H64O10Si2/c1-30(28-49-54(12,13)41(2,3)4)22-23-34(50-39(43)31-18-15-14-16-19-31)38-35(51-42(5,6)52-38)21-17-20-32-26-33(46-8)27-36(48-29-45-7)37(32)40(44)47-24-25-53(9,10)11/h14-20,22-23,26-27,30,34-35,38H,21,24-25,28-29H2,1-13H3/b20-17+,23-22-/t30-,34?,35+,38-/m1/s1. The van der Waals surface area contributed by atoms with E-state index in [4.69, 9.17) is 37.6 Å². The van der Waals surface area contributed by atoms with Crippen LogP contribution in [0.25, 0.3) is 6.08 Å². The fourth-order valence-corrected chi connectivity index (χ4v) is 7.21. The number of rotatable bonds is 19. The molecule has 2 aromatic carbocycles. The van der Waals surface area contributed by atoms with Gasteiger partial charge >= 0.3 is 11.9 Å². The normalized spacial score (nSPS) is 18.8. The van der Waals surface area contributed by atoms with E-state index in [0.717, 1.165) is 6.04 Å². The van der Waals surface area contributed by atoms with Gasteiger partial charge in [0.05, 0.1) is 25.4 Å². The second-order valence-electron chi connectivity index (χ2n) is 17.0. The monoisotopic (exact) mass is 784 g/mol. The molecule has 12 heteroatoms. The lowest BCUT2D eigenvalue weighted by atomic mass is 10.0. The van der Waals surface area contributed by atoms with Crippen LogP contribution in [0.4, 0.5) is 0 Å². The van der Waals surface area contributed by atoms with Crippen molar-refractivity contribution in [2.24, 2.45) is 5.92 Å². The fraction of sp³-hybridized carbons (Fsp3) is 0.571. The summed E-state index contributed by atoms with van der Waals surface area (Å²) in [5, 5.41) is 0.0870. The van der Waals surface area contributed by atoms with Crippen molar-refractivity contribution in [1.29, 1.82) is 0 Å². The van der Waals surface area contributed by atoms with Crippen LogP contribution in [0.3, 0.4) is 0 Å². The number of methoxy groups -OCH3 is 2. The summed E-state index contributed by atoms with van der Waals surface area (Å²) in [7, 11) is -0.335. The molecule has 4 atom stereocenters. The van der Waals surface area contributed by atoms with Crippen LogP contribution in [0.1, 0.15) is 74.2 Å². The van der Waals surface area contributed by atoms with Crippen molar-refractivity contribution in [1.82, 2.24) is 0 Å². The first kappa shape index (κ1) is 45.1. The van der Waals surface area contributed by atoms with Crippen molar-refractivity contribution in [3.05, 3.63) is 77.4 Å². The molecule has 0 aromatic heterocycles. The van der Waals surface area contributed by atoms with E-state index in [1.807, 2.05) is 44.2 Å². The number of hydrogen-bond acceptors (Lipinski definition) is 10. The van der Waals surface area contributed by atoms with E-state index in [2.05, 4.69) is 60.4 Å². The Balaban J connectivity index is 1.94. The van der Waals surface area contributed by atoms with E-state index >= 15 is 0 Å². The van der Waals surface area contributed by atoms with E-state index in [0.29, 0.717) is 36.5 Å². The molecule has 0 aliphatic carbocycles. The number of benzene rings is 2. The van der Waals surface area contributed by atoms with Gasteiger partial charge in [-0.2, -0.15) is 0 Å². The van der Waals surface area contributed by atoms with Crippen LogP contribution in [0.5, 0.6) is 11.5 Å². The summed E-state index contributed by atoms with van der Waals surface area (Å²) in [5.41, 5.74) is 1.26. The van der Waals surface area contributed by atoms with E-state index < -0.39 is 52.4 Å². The van der Waals surface area contributed by atoms with Gasteiger partial charge in [0.25, 0.3) is 0 Å². The van der Waals surface area contributed by atoms with Gasteiger partial charge in [-0.1, -0.05) is 83.8 Å². The SMILES string of the molecule is COCOc1cc(OC)cc(/C=C/C[C@@H]2OC(C)(C)O[C@@H]2C(/C=C\[C@@H](C)CO[Si](C)(C)C(C)(C)C)OC(=O)c2ccccc2)c1C(=O)OCC[Si](C)(C)C. The topological polar surface area (TPSA) is 108 Å². The van der Waals surface area contributed by atoms with Crippen molar-refractivity contribution in [2.75, 3.05) is 34.2 Å². The Hall–Kier alpha value is -3.27. The number of carbonyl (C=O) groups excluding carboxylic acids is 2. The van der Waals surface area contributed by atoms with Gasteiger partial charge in [0, 0.05) is 27.9 Å². The van der Waals surface area contributed by atoms with Gasteiger partial charge in [0.2, 0.25) is 0 Å². The zero-order valence-electron chi connectivity index (χ0n) is 34.8. The van der Waals surface area contributed by atoms with Gasteiger partial charge in [-0.25, -0.2) is 9.59 Å². The predicted molar refractivity (Wildman–Crippen MR) is 219 cm³/mol. The molecule has 0 bridgehead atoms. The third-order valence-corrected chi connectivity index (χ3v) is 15.8. The minimum Gasteiger partial charge on any atom is -0.497 e. The summed E-state index contributed by atoms with van der Waals surface area (Å²) < 4.78 is 47.8. The lowest BCUT2D eigenvalue weighted by Crippen LogP contribution is -2.41. The maximum Gasteiger partial charge on any atom is 0.342 e. The Labute approximate surface area is 325 Å². The number of hydrogen-bond donors (Lipinski definition) is 0. The maximum atomic E-state index is 13.6. The minimum absolute atomic E-state index is 0.0530. The molecule has 1 saturated heterocycles. The van der Waals surface area contributed by atoms with Crippen LogP contribution in [0.2, 0.25) is 43.8 Å². The molecule has 0 saturated carbocycles. The molecule has 0 spiro atoms. The van der Waals surface area contributed by atoms with Crippen LogP contribution in [0.15, 0.2) is 60.7 Å². The van der Waals surface area contributed by atoms with Crippen molar-refractivity contribution in [3.8, 4) is 11.5 Å². The van der Waals surface area contributed by atoms with E-state index in [9.17, 15) is 9.59 Å². The summed E-state index contributed by atoms with van der Waals surface area (Å²) in [6.07, 6.45) is 6.11. The number of carbonyl (C=O) groups is 2. The van der Waals surface area contributed by atoms with Crippen molar-refractivity contribution in [3.63, 3.8) is 0 Å². The smallest absolute Gasteiger partial charge is 0.342 e. The Morgan fingerprint density at radius 2 is 1.65 bits per heavy atom. The second kappa shape index (κ2) is 19.5. The highest BCUT2D eigenvalue weighted by Gasteiger charge is 2.45. The minimum atomic E-state index is -1.96. The van der Waals surface area contributed by atoms with E-state index in [1.54, 1.807) is 43.5 Å². The summed E-state index contributed by atoms with van der Waals surface area (Å²) in [5.74, 6) is -1.06. The van der Waals surface area contributed by atoms with Crippen LogP contribution in [0, 0.1) is 5.92 Å². The molecular weight excluding hydrogens is 721 g/mol. The van der Waals surface area contributed by atoms with Crippen molar-refractivity contribution < 1.29 is 47.2 Å². The first-order valence-corrected chi connectivity index (χ1v) is 25.4. The molecule has 1 unspecified atom stereocenters. The average Bonchev–Trinajstić information content (AvgIpc) is 3.40. The molecule has 1 aliphatic rings. The molecule has 1 heterocycles. The van der Waals surface area contributed by atoms with Crippen LogP contribution in [-0.4, -0.2) is 86.7 Å². The molecule has 3 rings (SSSR count). The molecule has 0 amide bonds. The van der Waals surface area contributed by atoms with Crippen molar-refractivity contribution >= 4 is 34.4 Å². The summed E-state index contributed by atoms with van der Waals surface area (Å²) in [6.45, 7) is 24.4. The summed E-state index contributed by atoms with van der Waals surface area (Å²) in [4.78, 5) is 27.0. The average molecular weight is 785 g/mol. The van der Waals surface area contributed by atoms with Crippen LogP contribution in [-0.2, 0) is 28.1 Å². The van der Waals surface area contributed by atoms with Gasteiger partial charge < -0.3 is 37.6 Å². The highest BCUT2D eigenvalue weighted by Crippen LogP contribution is 2.38. The highest BCUT2D eigenvalue weighted by molar-refractivity contribution is 6.76. The largest absolute Gasteiger partial charge is 0.497 e.